The summed E-state index contributed by atoms with van der Waals surface area (Å²) in [4.78, 5) is 2.76. The lowest BCUT2D eigenvalue weighted by atomic mass is 9.92. The van der Waals surface area contributed by atoms with Crippen molar-refractivity contribution < 1.29 is 4.74 Å². The Hall–Kier alpha value is -0.120. The standard InChI is InChI=1S/C16H30N2O/c1-13(16-8-4-12-19-16)17-9-11-18-10-3-6-14-5-2-7-15(14)18/h13-17H,2-12H2,1H3. The molecule has 0 aromatic carbocycles. The maximum atomic E-state index is 5.75. The third-order valence-electron chi connectivity index (χ3n) is 5.50. The van der Waals surface area contributed by atoms with Crippen LogP contribution in [-0.2, 0) is 4.74 Å². The Balaban J connectivity index is 1.39. The van der Waals surface area contributed by atoms with E-state index in [-0.39, 0.29) is 0 Å². The van der Waals surface area contributed by atoms with Crippen LogP contribution in [0, 0.1) is 5.92 Å². The molecule has 110 valence electrons. The minimum absolute atomic E-state index is 0.459. The van der Waals surface area contributed by atoms with Crippen molar-refractivity contribution in [3.63, 3.8) is 0 Å². The zero-order valence-corrected chi connectivity index (χ0v) is 12.4. The molecule has 0 spiro atoms. The number of ether oxygens (including phenoxy) is 1. The van der Waals surface area contributed by atoms with Gasteiger partial charge < -0.3 is 10.1 Å². The Kier molecular flexibility index (Phi) is 4.78. The van der Waals surface area contributed by atoms with E-state index in [1.165, 1.54) is 58.0 Å². The zero-order chi connectivity index (χ0) is 13.1. The molecule has 2 saturated heterocycles. The smallest absolute Gasteiger partial charge is 0.0726 e. The van der Waals surface area contributed by atoms with Crippen molar-refractivity contribution in [2.75, 3.05) is 26.2 Å². The Bertz CT molecular complexity index is 278. The highest BCUT2D eigenvalue weighted by Gasteiger charge is 2.34. The second kappa shape index (κ2) is 6.55. The van der Waals surface area contributed by atoms with E-state index in [1.54, 1.807) is 0 Å². The van der Waals surface area contributed by atoms with Crippen LogP contribution in [0.15, 0.2) is 0 Å². The van der Waals surface area contributed by atoms with Crippen molar-refractivity contribution in [2.45, 2.75) is 70.1 Å². The second-order valence-corrected chi connectivity index (χ2v) is 6.73. The Morgan fingerprint density at radius 1 is 1.16 bits per heavy atom. The lowest BCUT2D eigenvalue weighted by Gasteiger charge is -2.38. The fourth-order valence-corrected chi connectivity index (χ4v) is 4.40. The first-order valence-electron chi connectivity index (χ1n) is 8.43. The van der Waals surface area contributed by atoms with Gasteiger partial charge in [0.1, 0.15) is 0 Å². The van der Waals surface area contributed by atoms with E-state index in [0.717, 1.165) is 25.1 Å². The molecule has 4 atom stereocenters. The molecule has 19 heavy (non-hydrogen) atoms. The van der Waals surface area contributed by atoms with E-state index in [9.17, 15) is 0 Å². The number of piperidine rings is 1. The van der Waals surface area contributed by atoms with Crippen molar-refractivity contribution in [1.29, 1.82) is 0 Å². The lowest BCUT2D eigenvalue weighted by molar-refractivity contribution is 0.0777. The van der Waals surface area contributed by atoms with Crippen LogP contribution >= 0.6 is 0 Å². The van der Waals surface area contributed by atoms with E-state index in [4.69, 9.17) is 4.74 Å². The van der Waals surface area contributed by atoms with E-state index in [0.29, 0.717) is 12.1 Å². The molecule has 1 aliphatic carbocycles. The van der Waals surface area contributed by atoms with Gasteiger partial charge in [-0.3, -0.25) is 4.90 Å². The van der Waals surface area contributed by atoms with Crippen molar-refractivity contribution in [3.05, 3.63) is 0 Å². The molecule has 0 bridgehead atoms. The Labute approximate surface area is 118 Å². The molecule has 3 rings (SSSR count). The molecular weight excluding hydrogens is 236 g/mol. The van der Waals surface area contributed by atoms with Crippen LogP contribution in [-0.4, -0.2) is 49.3 Å². The maximum absolute atomic E-state index is 5.75. The minimum atomic E-state index is 0.459. The molecule has 1 saturated carbocycles. The van der Waals surface area contributed by atoms with E-state index < -0.39 is 0 Å². The lowest BCUT2D eigenvalue weighted by Crippen LogP contribution is -2.47. The molecule has 3 nitrogen and oxygen atoms in total. The molecular formula is C16H30N2O. The van der Waals surface area contributed by atoms with Gasteiger partial charge in [0.05, 0.1) is 6.10 Å². The van der Waals surface area contributed by atoms with Crippen molar-refractivity contribution in [2.24, 2.45) is 5.92 Å². The predicted octanol–water partition coefficient (Wildman–Crippen LogP) is 2.41. The van der Waals surface area contributed by atoms with E-state index >= 15 is 0 Å². The van der Waals surface area contributed by atoms with Crippen LogP contribution in [0.4, 0.5) is 0 Å². The van der Waals surface area contributed by atoms with Crippen LogP contribution in [0.1, 0.15) is 51.9 Å². The van der Waals surface area contributed by atoms with Gasteiger partial charge in [0, 0.05) is 31.8 Å². The van der Waals surface area contributed by atoms with E-state index in [2.05, 4.69) is 17.1 Å². The predicted molar refractivity (Wildman–Crippen MR) is 78.4 cm³/mol. The Morgan fingerprint density at radius 3 is 2.89 bits per heavy atom. The topological polar surface area (TPSA) is 24.5 Å². The highest BCUT2D eigenvalue weighted by atomic mass is 16.5. The number of nitrogens with zero attached hydrogens (tertiary/aromatic N) is 1. The first-order chi connectivity index (χ1) is 9.34. The van der Waals surface area contributed by atoms with Gasteiger partial charge in [-0.25, -0.2) is 0 Å². The SMILES string of the molecule is CC(NCCN1CCCC2CCCC21)C1CCCO1. The third kappa shape index (κ3) is 3.32. The number of hydrogen-bond acceptors (Lipinski definition) is 3. The summed E-state index contributed by atoms with van der Waals surface area (Å²) in [7, 11) is 0. The van der Waals surface area contributed by atoms with Crippen LogP contribution in [0.2, 0.25) is 0 Å². The average Bonchev–Trinajstić information content (AvgIpc) is 3.10. The van der Waals surface area contributed by atoms with Crippen LogP contribution in [0.25, 0.3) is 0 Å². The van der Waals surface area contributed by atoms with Gasteiger partial charge in [0.25, 0.3) is 0 Å². The minimum Gasteiger partial charge on any atom is -0.377 e. The average molecular weight is 266 g/mol. The number of likely N-dealkylation sites (tertiary alicyclic amines) is 1. The Morgan fingerprint density at radius 2 is 2.05 bits per heavy atom. The summed E-state index contributed by atoms with van der Waals surface area (Å²) in [6, 6.07) is 1.43. The summed E-state index contributed by atoms with van der Waals surface area (Å²) in [5.74, 6) is 1.02. The zero-order valence-electron chi connectivity index (χ0n) is 12.4. The van der Waals surface area contributed by atoms with Gasteiger partial charge in [-0.15, -0.1) is 0 Å². The van der Waals surface area contributed by atoms with Crippen molar-refractivity contribution in [3.8, 4) is 0 Å². The normalized spacial score (nSPS) is 37.4. The summed E-state index contributed by atoms with van der Waals surface area (Å²) in [6.45, 7) is 6.94. The summed E-state index contributed by atoms with van der Waals surface area (Å²) >= 11 is 0. The number of hydrogen-bond donors (Lipinski definition) is 1. The molecule has 0 radical (unpaired) electrons. The quantitative estimate of drug-likeness (QED) is 0.827. The van der Waals surface area contributed by atoms with Crippen LogP contribution < -0.4 is 5.32 Å². The maximum Gasteiger partial charge on any atom is 0.0726 e. The van der Waals surface area contributed by atoms with Gasteiger partial charge in [-0.1, -0.05) is 6.42 Å². The molecule has 2 heterocycles. The molecule has 3 heteroatoms. The van der Waals surface area contributed by atoms with E-state index in [1.807, 2.05) is 0 Å². The van der Waals surface area contributed by atoms with Gasteiger partial charge in [0.15, 0.2) is 0 Å². The van der Waals surface area contributed by atoms with Gasteiger partial charge in [-0.2, -0.15) is 0 Å². The molecule has 3 aliphatic rings. The number of nitrogens with one attached hydrogen (secondary N) is 1. The van der Waals surface area contributed by atoms with Crippen LogP contribution in [0.3, 0.4) is 0 Å². The fraction of sp³-hybridized carbons (Fsp3) is 1.00. The largest absolute Gasteiger partial charge is 0.377 e. The molecule has 2 aliphatic heterocycles. The van der Waals surface area contributed by atoms with Crippen molar-refractivity contribution >= 4 is 0 Å². The molecule has 0 aromatic heterocycles. The highest BCUT2D eigenvalue weighted by Crippen LogP contribution is 2.36. The highest BCUT2D eigenvalue weighted by molar-refractivity contribution is 4.89. The molecule has 4 unspecified atom stereocenters. The monoisotopic (exact) mass is 266 g/mol. The first kappa shape index (κ1) is 13.8. The van der Waals surface area contributed by atoms with Gasteiger partial charge in [0.2, 0.25) is 0 Å². The van der Waals surface area contributed by atoms with Crippen LogP contribution in [0.5, 0.6) is 0 Å². The van der Waals surface area contributed by atoms with Crippen molar-refractivity contribution in [1.82, 2.24) is 10.2 Å². The second-order valence-electron chi connectivity index (χ2n) is 6.73. The van der Waals surface area contributed by atoms with Gasteiger partial charge >= 0.3 is 0 Å². The molecule has 3 fully saturated rings. The summed E-state index contributed by atoms with van der Waals surface area (Å²) in [6.07, 6.45) is 10.2. The number of rotatable bonds is 5. The number of fused-ring (bicyclic) bond motifs is 1. The first-order valence-corrected chi connectivity index (χ1v) is 8.43. The summed E-state index contributed by atoms with van der Waals surface area (Å²) < 4.78 is 5.75. The molecule has 1 N–H and O–H groups in total. The summed E-state index contributed by atoms with van der Waals surface area (Å²) in [5, 5.41) is 3.69. The fourth-order valence-electron chi connectivity index (χ4n) is 4.40. The summed E-state index contributed by atoms with van der Waals surface area (Å²) in [5.41, 5.74) is 0. The van der Waals surface area contributed by atoms with Gasteiger partial charge in [-0.05, 0) is 57.9 Å². The molecule has 0 aromatic rings. The third-order valence-corrected chi connectivity index (χ3v) is 5.50. The molecule has 0 amide bonds.